The number of nitrogens with zero attached hydrogens (tertiary/aromatic N) is 5. The number of carbonyl (C=O) groups excluding carboxylic acids is 2. The maximum atomic E-state index is 14.1. The number of aromatic nitrogens is 2. The summed E-state index contributed by atoms with van der Waals surface area (Å²) in [5.74, 6) is -0.300. The molecule has 0 spiro atoms. The third kappa shape index (κ3) is 6.35. The van der Waals surface area contributed by atoms with Crippen molar-refractivity contribution >= 4 is 29.7 Å². The van der Waals surface area contributed by atoms with E-state index in [0.717, 1.165) is 23.7 Å². The van der Waals surface area contributed by atoms with E-state index in [9.17, 15) is 22.8 Å². The molecule has 0 atom stereocenters. The van der Waals surface area contributed by atoms with Gasteiger partial charge in [0.2, 0.25) is 17.6 Å². The van der Waals surface area contributed by atoms with Crippen molar-refractivity contribution in [2.75, 3.05) is 38.5 Å². The molecule has 12 heteroatoms. The smallest absolute Gasteiger partial charge is 0.266 e. The number of halogens is 4. The zero-order valence-corrected chi connectivity index (χ0v) is 19.7. The van der Waals surface area contributed by atoms with Crippen LogP contribution in [0.4, 0.5) is 19.0 Å². The zero-order chi connectivity index (χ0) is 24.8. The van der Waals surface area contributed by atoms with E-state index < -0.39 is 17.8 Å². The molecule has 0 bridgehead atoms. The Morgan fingerprint density at radius 3 is 2.53 bits per heavy atom. The quantitative estimate of drug-likeness (QED) is 0.504. The Balaban J connectivity index is 0.000000248. The van der Waals surface area contributed by atoms with Gasteiger partial charge < -0.3 is 15.1 Å². The van der Waals surface area contributed by atoms with Crippen molar-refractivity contribution in [2.24, 2.45) is 0 Å². The number of hydrogen-bond donors (Lipinski definition) is 1. The highest BCUT2D eigenvalue weighted by molar-refractivity contribution is 6.28. The third-order valence-corrected chi connectivity index (χ3v) is 5.78. The molecule has 1 fully saturated rings. The average Bonchev–Trinajstić information content (AvgIpc) is 3.18. The van der Waals surface area contributed by atoms with Crippen molar-refractivity contribution in [3.05, 3.63) is 51.7 Å². The first-order valence-corrected chi connectivity index (χ1v) is 11.0. The maximum absolute atomic E-state index is 14.1. The minimum absolute atomic E-state index is 0.0376. The van der Waals surface area contributed by atoms with Crippen molar-refractivity contribution in [1.82, 2.24) is 24.7 Å². The second-order valence-electron chi connectivity index (χ2n) is 8.06. The van der Waals surface area contributed by atoms with Crippen molar-refractivity contribution in [3.63, 3.8) is 0 Å². The molecule has 34 heavy (non-hydrogen) atoms. The Bertz CT molecular complexity index is 1030. The number of piperazine rings is 1. The first-order chi connectivity index (χ1) is 16.2. The normalized spacial score (nSPS) is 15.6. The molecular formula is C22H26ClF3N6O2. The topological polar surface area (TPSA) is 81.7 Å². The number of anilines is 1. The van der Waals surface area contributed by atoms with Gasteiger partial charge in [-0.3, -0.25) is 14.5 Å². The van der Waals surface area contributed by atoms with Crippen molar-refractivity contribution in [2.45, 2.75) is 33.0 Å². The van der Waals surface area contributed by atoms with Gasteiger partial charge in [0, 0.05) is 63.9 Å². The van der Waals surface area contributed by atoms with Gasteiger partial charge >= 0.3 is 0 Å². The molecule has 0 saturated carbocycles. The lowest BCUT2D eigenvalue weighted by Crippen LogP contribution is -2.47. The fourth-order valence-corrected chi connectivity index (χ4v) is 3.94. The Morgan fingerprint density at radius 1 is 1.21 bits per heavy atom. The number of alkyl halides is 2. The maximum Gasteiger partial charge on any atom is 0.266 e. The van der Waals surface area contributed by atoms with Crippen LogP contribution in [0.1, 0.15) is 35.7 Å². The number of rotatable bonds is 5. The lowest BCUT2D eigenvalue weighted by molar-refractivity contribution is -0.133. The number of fused-ring (bicyclic) bond motifs is 1. The number of benzene rings is 1. The number of carbonyl (C=O) groups is 2. The molecule has 0 aliphatic carbocycles. The van der Waals surface area contributed by atoms with Crippen LogP contribution in [0, 0.1) is 5.82 Å². The summed E-state index contributed by atoms with van der Waals surface area (Å²) in [4.78, 5) is 34.8. The molecule has 0 radical (unpaired) electrons. The van der Waals surface area contributed by atoms with Crippen LogP contribution in [0.3, 0.4) is 0 Å². The number of nitrogens with one attached hydrogen (secondary N) is 1. The molecule has 0 unspecified atom stereocenters. The molecule has 2 aromatic rings. The predicted octanol–water partition coefficient (Wildman–Crippen LogP) is 3.07. The van der Waals surface area contributed by atoms with Crippen LogP contribution in [-0.2, 0) is 29.2 Å². The fraction of sp³-hybridized carbons (Fsp3) is 0.455. The molecule has 3 heterocycles. The summed E-state index contributed by atoms with van der Waals surface area (Å²) in [6.45, 7) is 5.58. The standard InChI is InChI=1S/C15H14ClF3N4.C7H12N2O2/c1-23-6-10-11(7-23)21-15(16)22-14(10)20-5-8-3-2-4-9(12(8)17)13(18)19;1-7(11)9-4-2-8(6-10)3-5-9/h2-4,13H,5-7H2,1H3,(H,20,21,22);6H,2-5H2,1H3. The highest BCUT2D eigenvalue weighted by Gasteiger charge is 2.23. The van der Waals surface area contributed by atoms with Crippen LogP contribution in [0.5, 0.6) is 0 Å². The monoisotopic (exact) mass is 498 g/mol. The predicted molar refractivity (Wildman–Crippen MR) is 121 cm³/mol. The molecule has 2 aliphatic heterocycles. The van der Waals surface area contributed by atoms with Gasteiger partial charge in [-0.2, -0.15) is 0 Å². The van der Waals surface area contributed by atoms with Gasteiger partial charge in [0.05, 0.1) is 11.3 Å². The van der Waals surface area contributed by atoms with Crippen molar-refractivity contribution in [1.29, 1.82) is 0 Å². The van der Waals surface area contributed by atoms with E-state index in [1.807, 2.05) is 11.9 Å². The lowest BCUT2D eigenvalue weighted by atomic mass is 10.1. The Morgan fingerprint density at radius 2 is 1.91 bits per heavy atom. The number of hydrogen-bond acceptors (Lipinski definition) is 6. The van der Waals surface area contributed by atoms with E-state index in [4.69, 9.17) is 11.6 Å². The van der Waals surface area contributed by atoms with Crippen LogP contribution in [-0.4, -0.2) is 70.2 Å². The first kappa shape index (κ1) is 25.7. The van der Waals surface area contributed by atoms with Gasteiger partial charge in [0.1, 0.15) is 11.6 Å². The average molecular weight is 499 g/mol. The van der Waals surface area contributed by atoms with E-state index in [0.29, 0.717) is 45.1 Å². The van der Waals surface area contributed by atoms with Crippen LogP contribution in [0.15, 0.2) is 18.2 Å². The van der Waals surface area contributed by atoms with Crippen LogP contribution in [0.2, 0.25) is 5.28 Å². The molecule has 1 aromatic carbocycles. The molecule has 2 amide bonds. The van der Waals surface area contributed by atoms with Crippen LogP contribution >= 0.6 is 11.6 Å². The molecular weight excluding hydrogens is 473 g/mol. The van der Waals surface area contributed by atoms with E-state index in [1.165, 1.54) is 12.1 Å². The SMILES string of the molecule is CC(=O)N1CCN(C=O)CC1.CN1Cc2nc(Cl)nc(NCc3cccc(C(F)F)c3F)c2C1. The van der Waals surface area contributed by atoms with E-state index in [-0.39, 0.29) is 23.3 Å². The minimum atomic E-state index is -2.85. The summed E-state index contributed by atoms with van der Waals surface area (Å²) in [6, 6.07) is 3.95. The van der Waals surface area contributed by atoms with E-state index in [2.05, 4.69) is 15.3 Å². The summed E-state index contributed by atoms with van der Waals surface area (Å²) in [5, 5.41) is 3.08. The Labute approximate surface area is 200 Å². The Kier molecular flexibility index (Phi) is 8.67. The molecule has 1 aromatic heterocycles. The van der Waals surface area contributed by atoms with Gasteiger partial charge in [-0.05, 0) is 18.6 Å². The summed E-state index contributed by atoms with van der Waals surface area (Å²) < 4.78 is 39.5. The second-order valence-corrected chi connectivity index (χ2v) is 8.40. The fourth-order valence-electron chi connectivity index (χ4n) is 3.75. The minimum Gasteiger partial charge on any atom is -0.365 e. The van der Waals surface area contributed by atoms with Crippen LogP contribution in [0.25, 0.3) is 0 Å². The van der Waals surface area contributed by atoms with Gasteiger partial charge in [0.15, 0.2) is 0 Å². The molecule has 4 rings (SSSR count). The van der Waals surface area contributed by atoms with Gasteiger partial charge in [-0.15, -0.1) is 0 Å². The first-order valence-electron chi connectivity index (χ1n) is 10.7. The summed E-state index contributed by atoms with van der Waals surface area (Å²) >= 11 is 5.90. The van der Waals surface area contributed by atoms with Gasteiger partial charge in [-0.25, -0.2) is 23.1 Å². The molecule has 1 N–H and O–H groups in total. The lowest BCUT2D eigenvalue weighted by Gasteiger charge is -2.31. The number of amides is 2. The van der Waals surface area contributed by atoms with Crippen molar-refractivity contribution < 1.29 is 22.8 Å². The Hall–Kier alpha value is -2.92. The van der Waals surface area contributed by atoms with Gasteiger partial charge in [-0.1, -0.05) is 18.2 Å². The van der Waals surface area contributed by atoms with Gasteiger partial charge in [0.25, 0.3) is 6.43 Å². The second kappa shape index (κ2) is 11.5. The van der Waals surface area contributed by atoms with Crippen LogP contribution < -0.4 is 5.32 Å². The molecule has 8 nitrogen and oxygen atoms in total. The molecule has 1 saturated heterocycles. The van der Waals surface area contributed by atoms with Crippen molar-refractivity contribution in [3.8, 4) is 0 Å². The zero-order valence-electron chi connectivity index (χ0n) is 18.9. The van der Waals surface area contributed by atoms with E-state index in [1.54, 1.807) is 16.7 Å². The van der Waals surface area contributed by atoms with E-state index >= 15 is 0 Å². The molecule has 184 valence electrons. The largest absolute Gasteiger partial charge is 0.365 e. The summed E-state index contributed by atoms with van der Waals surface area (Å²) in [7, 11) is 1.94. The molecule has 2 aliphatic rings. The highest BCUT2D eigenvalue weighted by atomic mass is 35.5. The third-order valence-electron chi connectivity index (χ3n) is 5.61. The highest BCUT2D eigenvalue weighted by Crippen LogP contribution is 2.28. The summed E-state index contributed by atoms with van der Waals surface area (Å²) in [5.41, 5.74) is 1.26. The summed E-state index contributed by atoms with van der Waals surface area (Å²) in [6.07, 6.45) is -2.02.